The van der Waals surface area contributed by atoms with Gasteiger partial charge in [-0.3, -0.25) is 9.89 Å². The Morgan fingerprint density at radius 1 is 1.38 bits per heavy atom. The van der Waals surface area contributed by atoms with E-state index in [0.717, 1.165) is 49.2 Å². The second-order valence-corrected chi connectivity index (χ2v) is 7.00. The first-order valence-corrected chi connectivity index (χ1v) is 9.10. The zero-order chi connectivity index (χ0) is 18.1. The van der Waals surface area contributed by atoms with E-state index in [1.165, 1.54) is 0 Å². The summed E-state index contributed by atoms with van der Waals surface area (Å²) in [5.41, 5.74) is 2.72. The SMILES string of the molecule is COCCn1c(CO)nnc1C1CC(NC(=O)c2n[nH]c3c2CCC3)C1. The lowest BCUT2D eigenvalue weighted by atomic mass is 9.79. The van der Waals surface area contributed by atoms with Gasteiger partial charge in [-0.15, -0.1) is 10.2 Å². The van der Waals surface area contributed by atoms with E-state index in [1.54, 1.807) is 7.11 Å². The van der Waals surface area contributed by atoms with Crippen LogP contribution in [-0.2, 0) is 30.7 Å². The molecule has 4 rings (SSSR count). The summed E-state index contributed by atoms with van der Waals surface area (Å²) >= 11 is 0. The summed E-state index contributed by atoms with van der Waals surface area (Å²) < 4.78 is 7.05. The van der Waals surface area contributed by atoms with Crippen LogP contribution in [0.25, 0.3) is 0 Å². The van der Waals surface area contributed by atoms with Gasteiger partial charge in [0, 0.05) is 36.9 Å². The zero-order valence-corrected chi connectivity index (χ0v) is 14.9. The Morgan fingerprint density at radius 2 is 2.23 bits per heavy atom. The molecule has 1 amide bonds. The Kier molecular flexibility index (Phi) is 4.73. The number of methoxy groups -OCH3 is 1. The Balaban J connectivity index is 1.37. The van der Waals surface area contributed by atoms with Crippen molar-refractivity contribution in [3.05, 3.63) is 28.6 Å². The number of amides is 1. The quantitative estimate of drug-likeness (QED) is 0.654. The molecule has 0 atom stereocenters. The minimum Gasteiger partial charge on any atom is -0.388 e. The topological polar surface area (TPSA) is 118 Å². The molecule has 0 unspecified atom stereocenters. The van der Waals surface area contributed by atoms with Crippen molar-refractivity contribution in [3.63, 3.8) is 0 Å². The van der Waals surface area contributed by atoms with Crippen LogP contribution in [-0.4, -0.2) is 55.7 Å². The number of carbonyl (C=O) groups is 1. The highest BCUT2D eigenvalue weighted by Gasteiger charge is 2.36. The fourth-order valence-corrected chi connectivity index (χ4v) is 3.90. The van der Waals surface area contributed by atoms with Crippen molar-refractivity contribution < 1.29 is 14.6 Å². The largest absolute Gasteiger partial charge is 0.388 e. The monoisotopic (exact) mass is 360 g/mol. The van der Waals surface area contributed by atoms with E-state index < -0.39 is 0 Å². The lowest BCUT2D eigenvalue weighted by Crippen LogP contribution is -2.44. The zero-order valence-electron chi connectivity index (χ0n) is 14.9. The average Bonchev–Trinajstić information content (AvgIpc) is 3.30. The van der Waals surface area contributed by atoms with Gasteiger partial charge in [0.1, 0.15) is 12.4 Å². The molecule has 9 nitrogen and oxygen atoms in total. The third-order valence-corrected chi connectivity index (χ3v) is 5.38. The number of carbonyl (C=O) groups excluding carboxylic acids is 1. The summed E-state index contributed by atoms with van der Waals surface area (Å²) in [5.74, 6) is 1.55. The van der Waals surface area contributed by atoms with E-state index in [0.29, 0.717) is 24.7 Å². The van der Waals surface area contributed by atoms with E-state index in [-0.39, 0.29) is 24.5 Å². The van der Waals surface area contributed by atoms with Crippen LogP contribution >= 0.6 is 0 Å². The first-order chi connectivity index (χ1) is 12.7. The van der Waals surface area contributed by atoms with Gasteiger partial charge in [-0.2, -0.15) is 5.10 Å². The minimum absolute atomic E-state index is 0.0928. The first-order valence-electron chi connectivity index (χ1n) is 9.10. The van der Waals surface area contributed by atoms with Gasteiger partial charge in [-0.05, 0) is 32.1 Å². The van der Waals surface area contributed by atoms with E-state index in [1.807, 2.05) is 4.57 Å². The normalized spacial score (nSPS) is 21.5. The van der Waals surface area contributed by atoms with Crippen molar-refractivity contribution in [2.45, 2.75) is 57.2 Å². The standard InChI is InChI=1S/C17H24N6O3/c1-26-6-5-23-14(9-24)20-22-16(23)10-7-11(8-10)18-17(25)15-12-3-2-4-13(12)19-21-15/h10-11,24H,2-9H2,1H3,(H,18,25)(H,19,21). The van der Waals surface area contributed by atoms with Crippen LogP contribution in [0.4, 0.5) is 0 Å². The lowest BCUT2D eigenvalue weighted by molar-refractivity contribution is 0.0900. The van der Waals surface area contributed by atoms with Crippen molar-refractivity contribution in [1.82, 2.24) is 30.3 Å². The predicted octanol–water partition coefficient (Wildman–Crippen LogP) is 0.305. The minimum atomic E-state index is -0.145. The van der Waals surface area contributed by atoms with Crippen molar-refractivity contribution >= 4 is 5.91 Å². The first kappa shape index (κ1) is 17.2. The number of nitrogens with one attached hydrogen (secondary N) is 2. The number of nitrogens with zero attached hydrogens (tertiary/aromatic N) is 4. The molecule has 26 heavy (non-hydrogen) atoms. The summed E-state index contributed by atoms with van der Waals surface area (Å²) in [6.45, 7) is 1.00. The molecule has 2 aliphatic carbocycles. The highest BCUT2D eigenvalue weighted by atomic mass is 16.5. The number of aryl methyl sites for hydroxylation is 1. The third-order valence-electron chi connectivity index (χ3n) is 5.38. The van der Waals surface area contributed by atoms with Gasteiger partial charge >= 0.3 is 0 Å². The van der Waals surface area contributed by atoms with E-state index in [9.17, 15) is 9.90 Å². The van der Waals surface area contributed by atoms with Crippen LogP contribution in [0.3, 0.4) is 0 Å². The fourth-order valence-electron chi connectivity index (χ4n) is 3.90. The molecule has 0 spiro atoms. The second kappa shape index (κ2) is 7.16. The van der Waals surface area contributed by atoms with Crippen LogP contribution in [0.2, 0.25) is 0 Å². The molecule has 140 valence electrons. The summed E-state index contributed by atoms with van der Waals surface area (Å²) in [4.78, 5) is 12.5. The van der Waals surface area contributed by atoms with Gasteiger partial charge in [0.2, 0.25) is 0 Å². The van der Waals surface area contributed by atoms with Gasteiger partial charge in [0.15, 0.2) is 11.5 Å². The molecule has 2 aromatic rings. The number of aliphatic hydroxyl groups excluding tert-OH is 1. The van der Waals surface area contributed by atoms with Crippen molar-refractivity contribution in [1.29, 1.82) is 0 Å². The molecule has 2 aliphatic rings. The number of rotatable bonds is 7. The maximum atomic E-state index is 12.5. The Hall–Kier alpha value is -2.26. The van der Waals surface area contributed by atoms with Crippen LogP contribution in [0.1, 0.15) is 58.6 Å². The van der Waals surface area contributed by atoms with Crippen LogP contribution in [0, 0.1) is 0 Å². The molecule has 1 saturated carbocycles. The molecule has 1 fully saturated rings. The number of aliphatic hydroxyl groups is 1. The second-order valence-electron chi connectivity index (χ2n) is 7.00. The molecule has 2 aromatic heterocycles. The van der Waals surface area contributed by atoms with Crippen LogP contribution in [0.5, 0.6) is 0 Å². The van der Waals surface area contributed by atoms with E-state index in [4.69, 9.17) is 4.74 Å². The maximum absolute atomic E-state index is 12.5. The van der Waals surface area contributed by atoms with E-state index in [2.05, 4.69) is 25.7 Å². The maximum Gasteiger partial charge on any atom is 0.272 e. The van der Waals surface area contributed by atoms with Gasteiger partial charge in [0.05, 0.1) is 6.61 Å². The number of hydrogen-bond acceptors (Lipinski definition) is 6. The number of fused-ring (bicyclic) bond motifs is 1. The smallest absolute Gasteiger partial charge is 0.272 e. The van der Waals surface area contributed by atoms with Crippen molar-refractivity contribution in [3.8, 4) is 0 Å². The molecule has 2 heterocycles. The molecule has 3 N–H and O–H groups in total. The molecule has 0 aliphatic heterocycles. The van der Waals surface area contributed by atoms with Crippen molar-refractivity contribution in [2.24, 2.45) is 0 Å². The number of ether oxygens (including phenoxy) is 1. The van der Waals surface area contributed by atoms with Crippen LogP contribution < -0.4 is 5.32 Å². The number of aromatic amines is 1. The summed E-state index contributed by atoms with van der Waals surface area (Å²) in [6, 6.07) is 0.117. The Labute approximate surface area is 151 Å². The summed E-state index contributed by atoms with van der Waals surface area (Å²) in [6.07, 6.45) is 4.61. The van der Waals surface area contributed by atoms with E-state index >= 15 is 0 Å². The molecular formula is C17H24N6O3. The average molecular weight is 360 g/mol. The number of H-pyrrole nitrogens is 1. The lowest BCUT2D eigenvalue weighted by Gasteiger charge is -2.35. The molecule has 0 saturated heterocycles. The van der Waals surface area contributed by atoms with Crippen molar-refractivity contribution in [2.75, 3.05) is 13.7 Å². The molecular weight excluding hydrogens is 336 g/mol. The summed E-state index contributed by atoms with van der Waals surface area (Å²) in [7, 11) is 1.64. The highest BCUT2D eigenvalue weighted by molar-refractivity contribution is 5.94. The predicted molar refractivity (Wildman–Crippen MR) is 91.7 cm³/mol. The Bertz CT molecular complexity index is 793. The third kappa shape index (κ3) is 3.01. The Morgan fingerprint density at radius 3 is 3.00 bits per heavy atom. The fraction of sp³-hybridized carbons (Fsp3) is 0.647. The van der Waals surface area contributed by atoms with Crippen LogP contribution in [0.15, 0.2) is 0 Å². The van der Waals surface area contributed by atoms with Gasteiger partial charge in [0.25, 0.3) is 5.91 Å². The molecule has 9 heteroatoms. The summed E-state index contributed by atoms with van der Waals surface area (Å²) in [5, 5.41) is 28.0. The van der Waals surface area contributed by atoms with Gasteiger partial charge in [-0.25, -0.2) is 0 Å². The molecule has 0 aromatic carbocycles. The molecule has 0 bridgehead atoms. The van der Waals surface area contributed by atoms with Gasteiger partial charge < -0.3 is 19.7 Å². The number of hydrogen-bond donors (Lipinski definition) is 3. The highest BCUT2D eigenvalue weighted by Crippen LogP contribution is 2.36. The number of aromatic nitrogens is 5. The molecule has 0 radical (unpaired) electrons. The van der Waals surface area contributed by atoms with Gasteiger partial charge in [-0.1, -0.05) is 0 Å².